The van der Waals surface area contributed by atoms with Gasteiger partial charge in [-0.15, -0.1) is 6.58 Å². The Balaban J connectivity index is 1.82. The van der Waals surface area contributed by atoms with Gasteiger partial charge in [-0.2, -0.15) is 0 Å². The van der Waals surface area contributed by atoms with Crippen LogP contribution in [0.15, 0.2) is 66.1 Å². The molecule has 1 saturated heterocycles. The van der Waals surface area contributed by atoms with Crippen molar-refractivity contribution in [1.82, 2.24) is 4.90 Å². The minimum atomic E-state index is -0.272. The summed E-state index contributed by atoms with van der Waals surface area (Å²) in [6, 6.07) is 15.6. The molecule has 2 aromatic rings. The monoisotopic (exact) mass is 351 g/mol. The van der Waals surface area contributed by atoms with Gasteiger partial charge in [-0.3, -0.25) is 14.5 Å². The standard InChI is InChI=1S/C20H17NO3S/c1-3-11-21-19(22)18(25-20(21)23)12-14-7-9-15(10-8-14)16-5-4-6-17(13-16)24-2/h3-10,12-13H,1,11H2,2H3. The molecule has 126 valence electrons. The summed E-state index contributed by atoms with van der Waals surface area (Å²) in [5.74, 6) is 0.532. The third-order valence-corrected chi connectivity index (χ3v) is 4.70. The van der Waals surface area contributed by atoms with E-state index in [4.69, 9.17) is 4.74 Å². The Morgan fingerprint density at radius 2 is 1.88 bits per heavy atom. The van der Waals surface area contributed by atoms with Crippen molar-refractivity contribution < 1.29 is 14.3 Å². The van der Waals surface area contributed by atoms with Crippen LogP contribution in [0.4, 0.5) is 4.79 Å². The van der Waals surface area contributed by atoms with E-state index in [1.807, 2.05) is 48.5 Å². The van der Waals surface area contributed by atoms with E-state index in [1.165, 1.54) is 4.90 Å². The van der Waals surface area contributed by atoms with E-state index >= 15 is 0 Å². The van der Waals surface area contributed by atoms with Gasteiger partial charge in [0.1, 0.15) is 5.75 Å². The summed E-state index contributed by atoms with van der Waals surface area (Å²) >= 11 is 0.956. The highest BCUT2D eigenvalue weighted by molar-refractivity contribution is 8.18. The van der Waals surface area contributed by atoms with Gasteiger partial charge >= 0.3 is 0 Å². The fourth-order valence-electron chi connectivity index (χ4n) is 2.51. The van der Waals surface area contributed by atoms with E-state index in [0.29, 0.717) is 4.91 Å². The number of thioether (sulfide) groups is 1. The lowest BCUT2D eigenvalue weighted by atomic mass is 10.0. The third kappa shape index (κ3) is 3.67. The molecule has 5 heteroatoms. The molecule has 2 aromatic carbocycles. The molecule has 1 aliphatic rings. The molecule has 2 amide bonds. The maximum atomic E-state index is 12.2. The second-order valence-corrected chi connectivity index (χ2v) is 6.43. The number of carbonyl (C=O) groups is 2. The summed E-state index contributed by atoms with van der Waals surface area (Å²) in [7, 11) is 1.64. The number of hydrogen-bond donors (Lipinski definition) is 0. The van der Waals surface area contributed by atoms with Gasteiger partial charge < -0.3 is 4.74 Å². The van der Waals surface area contributed by atoms with Gasteiger partial charge in [-0.25, -0.2) is 0 Å². The molecule has 1 heterocycles. The molecule has 1 fully saturated rings. The quantitative estimate of drug-likeness (QED) is 0.584. The summed E-state index contributed by atoms with van der Waals surface area (Å²) in [6.45, 7) is 3.80. The minimum absolute atomic E-state index is 0.233. The smallest absolute Gasteiger partial charge is 0.293 e. The van der Waals surface area contributed by atoms with Crippen LogP contribution in [-0.4, -0.2) is 29.7 Å². The number of amides is 2. The zero-order chi connectivity index (χ0) is 17.8. The van der Waals surface area contributed by atoms with Gasteiger partial charge in [0, 0.05) is 6.54 Å². The number of imide groups is 1. The maximum Gasteiger partial charge on any atom is 0.293 e. The van der Waals surface area contributed by atoms with Crippen molar-refractivity contribution in [3.8, 4) is 16.9 Å². The molecular weight excluding hydrogens is 334 g/mol. The van der Waals surface area contributed by atoms with Gasteiger partial charge in [0.05, 0.1) is 12.0 Å². The van der Waals surface area contributed by atoms with E-state index in [0.717, 1.165) is 34.2 Å². The molecule has 3 rings (SSSR count). The van der Waals surface area contributed by atoms with Gasteiger partial charge in [0.15, 0.2) is 0 Å². The number of ether oxygens (including phenoxy) is 1. The maximum absolute atomic E-state index is 12.2. The van der Waals surface area contributed by atoms with Gasteiger partial charge in [0.25, 0.3) is 11.1 Å². The van der Waals surface area contributed by atoms with Crippen LogP contribution >= 0.6 is 11.8 Å². The Labute approximate surface area is 150 Å². The van der Waals surface area contributed by atoms with Crippen LogP contribution in [0.2, 0.25) is 0 Å². The average molecular weight is 351 g/mol. The van der Waals surface area contributed by atoms with Crippen molar-refractivity contribution in [2.24, 2.45) is 0 Å². The van der Waals surface area contributed by atoms with Crippen molar-refractivity contribution in [1.29, 1.82) is 0 Å². The number of rotatable bonds is 5. The van der Waals surface area contributed by atoms with E-state index in [1.54, 1.807) is 19.3 Å². The zero-order valence-electron chi connectivity index (χ0n) is 13.8. The highest BCUT2D eigenvalue weighted by atomic mass is 32.2. The van der Waals surface area contributed by atoms with Crippen LogP contribution in [0.25, 0.3) is 17.2 Å². The van der Waals surface area contributed by atoms with Crippen molar-refractivity contribution in [3.63, 3.8) is 0 Å². The lowest BCUT2D eigenvalue weighted by molar-refractivity contribution is -0.122. The van der Waals surface area contributed by atoms with Crippen LogP contribution < -0.4 is 4.74 Å². The summed E-state index contributed by atoms with van der Waals surface area (Å²) < 4.78 is 5.25. The Morgan fingerprint density at radius 3 is 2.56 bits per heavy atom. The molecule has 4 nitrogen and oxygen atoms in total. The van der Waals surface area contributed by atoms with Crippen molar-refractivity contribution in [2.45, 2.75) is 0 Å². The molecule has 0 spiro atoms. The molecule has 0 aliphatic carbocycles. The Bertz CT molecular complexity index is 855. The van der Waals surface area contributed by atoms with Crippen LogP contribution in [0, 0.1) is 0 Å². The first-order chi connectivity index (χ1) is 12.1. The first-order valence-corrected chi connectivity index (χ1v) is 8.55. The normalized spacial score (nSPS) is 15.7. The topological polar surface area (TPSA) is 46.6 Å². The van der Waals surface area contributed by atoms with Gasteiger partial charge in [0.2, 0.25) is 0 Å². The average Bonchev–Trinajstić information content (AvgIpc) is 2.90. The number of benzene rings is 2. The lowest BCUT2D eigenvalue weighted by Crippen LogP contribution is -2.27. The molecule has 0 bridgehead atoms. The molecule has 0 saturated carbocycles. The Morgan fingerprint density at radius 1 is 1.12 bits per heavy atom. The predicted molar refractivity (Wildman–Crippen MR) is 101 cm³/mol. The first-order valence-electron chi connectivity index (χ1n) is 7.73. The molecule has 25 heavy (non-hydrogen) atoms. The van der Waals surface area contributed by atoms with Crippen LogP contribution in [0.5, 0.6) is 5.75 Å². The van der Waals surface area contributed by atoms with Crippen LogP contribution in [-0.2, 0) is 4.79 Å². The number of methoxy groups -OCH3 is 1. The molecule has 0 radical (unpaired) electrons. The summed E-state index contributed by atoms with van der Waals surface area (Å²) in [5.41, 5.74) is 2.98. The Hall–Kier alpha value is -2.79. The fraction of sp³-hybridized carbons (Fsp3) is 0.100. The Kier molecular flexibility index (Phi) is 5.05. The summed E-state index contributed by atoms with van der Waals surface area (Å²) in [6.07, 6.45) is 3.28. The fourth-order valence-corrected chi connectivity index (χ4v) is 3.36. The zero-order valence-corrected chi connectivity index (χ0v) is 14.6. The SMILES string of the molecule is C=CCN1C(=O)SC(=Cc2ccc(-c3cccc(OC)c3)cc2)C1=O. The molecule has 1 aliphatic heterocycles. The molecular formula is C20H17NO3S. The van der Waals surface area contributed by atoms with Crippen molar-refractivity contribution >= 4 is 29.0 Å². The second kappa shape index (κ2) is 7.40. The molecule has 0 N–H and O–H groups in total. The van der Waals surface area contributed by atoms with E-state index < -0.39 is 0 Å². The third-order valence-electron chi connectivity index (χ3n) is 3.80. The largest absolute Gasteiger partial charge is 0.497 e. The van der Waals surface area contributed by atoms with Crippen LogP contribution in [0.3, 0.4) is 0 Å². The summed E-state index contributed by atoms with van der Waals surface area (Å²) in [5, 5.41) is -0.260. The molecule has 0 aromatic heterocycles. The highest BCUT2D eigenvalue weighted by Crippen LogP contribution is 2.32. The predicted octanol–water partition coefficient (Wildman–Crippen LogP) is 4.58. The van der Waals surface area contributed by atoms with E-state index in [2.05, 4.69) is 6.58 Å². The molecule has 0 unspecified atom stereocenters. The highest BCUT2D eigenvalue weighted by Gasteiger charge is 2.33. The number of carbonyl (C=O) groups excluding carboxylic acids is 2. The van der Waals surface area contributed by atoms with Crippen molar-refractivity contribution in [3.05, 3.63) is 71.7 Å². The van der Waals surface area contributed by atoms with Crippen LogP contribution in [0.1, 0.15) is 5.56 Å². The van der Waals surface area contributed by atoms with Gasteiger partial charge in [-0.1, -0.05) is 42.5 Å². The minimum Gasteiger partial charge on any atom is -0.497 e. The number of hydrogen-bond acceptors (Lipinski definition) is 4. The number of nitrogens with zero attached hydrogens (tertiary/aromatic N) is 1. The van der Waals surface area contributed by atoms with Gasteiger partial charge in [-0.05, 0) is 46.7 Å². The van der Waals surface area contributed by atoms with E-state index in [9.17, 15) is 9.59 Å². The molecule has 0 atom stereocenters. The second-order valence-electron chi connectivity index (χ2n) is 5.43. The first kappa shape index (κ1) is 17.0. The van der Waals surface area contributed by atoms with Crippen molar-refractivity contribution in [2.75, 3.05) is 13.7 Å². The summed E-state index contributed by atoms with van der Waals surface area (Å²) in [4.78, 5) is 25.7. The lowest BCUT2D eigenvalue weighted by Gasteiger charge is -2.07. The van der Waals surface area contributed by atoms with E-state index in [-0.39, 0.29) is 17.7 Å².